The van der Waals surface area contributed by atoms with Crippen molar-refractivity contribution in [2.75, 3.05) is 19.0 Å². The average Bonchev–Trinajstić information content (AvgIpc) is 2.63. The van der Waals surface area contributed by atoms with Crippen LogP contribution in [-0.4, -0.2) is 34.2 Å². The van der Waals surface area contributed by atoms with E-state index in [0.717, 1.165) is 0 Å². The van der Waals surface area contributed by atoms with E-state index in [4.69, 9.17) is 16.3 Å². The third-order valence-electron chi connectivity index (χ3n) is 3.73. The minimum absolute atomic E-state index is 0.192. The van der Waals surface area contributed by atoms with Gasteiger partial charge in [-0.1, -0.05) is 17.7 Å². The zero-order valence-corrected chi connectivity index (χ0v) is 14.9. The number of hydrogen-bond acceptors (Lipinski definition) is 5. The highest BCUT2D eigenvalue weighted by Gasteiger charge is 2.18. The zero-order chi connectivity index (χ0) is 18.5. The van der Waals surface area contributed by atoms with Gasteiger partial charge in [0.05, 0.1) is 0 Å². The predicted octanol–water partition coefficient (Wildman–Crippen LogP) is 2.73. The van der Waals surface area contributed by atoms with Crippen LogP contribution < -0.4 is 10.9 Å². The highest BCUT2D eigenvalue weighted by Crippen LogP contribution is 2.15. The van der Waals surface area contributed by atoms with E-state index < -0.39 is 11.5 Å². The van der Waals surface area contributed by atoms with Crippen molar-refractivity contribution in [2.45, 2.75) is 13.0 Å². The fraction of sp³-hybridized carbons (Fsp3) is 0.222. The first kappa shape index (κ1) is 18.0. The van der Waals surface area contributed by atoms with Crippen molar-refractivity contribution in [3.05, 3.63) is 63.7 Å². The van der Waals surface area contributed by atoms with Gasteiger partial charge in [-0.25, -0.2) is 9.97 Å². The van der Waals surface area contributed by atoms with Crippen molar-refractivity contribution < 1.29 is 9.53 Å². The minimum atomic E-state index is -0.594. The topological polar surface area (TPSA) is 86.1 Å². The van der Waals surface area contributed by atoms with Gasteiger partial charge in [0.2, 0.25) is 0 Å². The number of fused-ring (bicyclic) bond motifs is 1. The Morgan fingerprint density at radius 2 is 2.15 bits per heavy atom. The first-order valence-corrected chi connectivity index (χ1v) is 8.39. The normalized spacial score (nSPS) is 10.8. The van der Waals surface area contributed by atoms with E-state index in [1.54, 1.807) is 49.7 Å². The molecule has 2 heterocycles. The summed E-state index contributed by atoms with van der Waals surface area (Å²) in [5, 5.41) is 3.14. The first-order valence-electron chi connectivity index (χ1n) is 8.01. The Bertz CT molecular complexity index is 1000. The monoisotopic (exact) mass is 372 g/mol. The van der Waals surface area contributed by atoms with Crippen LogP contribution in [0.5, 0.6) is 0 Å². The second-order valence-electron chi connectivity index (χ2n) is 5.57. The second kappa shape index (κ2) is 8.07. The molecule has 0 aliphatic heterocycles. The summed E-state index contributed by atoms with van der Waals surface area (Å²) in [7, 11) is 1.59. The van der Waals surface area contributed by atoms with E-state index in [2.05, 4.69) is 15.3 Å². The van der Waals surface area contributed by atoms with Crippen LogP contribution in [0.4, 0.5) is 5.69 Å². The lowest BCUT2D eigenvalue weighted by molar-refractivity contribution is 0.102. The molecule has 1 aromatic carbocycles. The summed E-state index contributed by atoms with van der Waals surface area (Å²) in [6, 6.07) is 10.1. The van der Waals surface area contributed by atoms with Gasteiger partial charge in [-0.05, 0) is 36.8 Å². The van der Waals surface area contributed by atoms with Gasteiger partial charge in [-0.3, -0.25) is 14.2 Å². The number of aryl methyl sites for hydroxylation is 1. The predicted molar refractivity (Wildman–Crippen MR) is 99.7 cm³/mol. The molecule has 3 rings (SSSR count). The Morgan fingerprint density at radius 1 is 1.31 bits per heavy atom. The molecule has 1 N–H and O–H groups in total. The molecular formula is C18H17ClN4O3. The molecule has 0 aliphatic carbocycles. The summed E-state index contributed by atoms with van der Waals surface area (Å²) >= 11 is 5.93. The Balaban J connectivity index is 2.00. The molecule has 134 valence electrons. The number of carbonyl (C=O) groups is 1. The van der Waals surface area contributed by atoms with Crippen molar-refractivity contribution in [3.8, 4) is 0 Å². The van der Waals surface area contributed by atoms with Crippen LogP contribution in [0.25, 0.3) is 11.2 Å². The number of benzene rings is 1. The number of nitrogens with zero attached hydrogens (tertiary/aromatic N) is 3. The Labute approximate surface area is 154 Å². The molecule has 0 saturated heterocycles. The van der Waals surface area contributed by atoms with E-state index >= 15 is 0 Å². The van der Waals surface area contributed by atoms with Gasteiger partial charge in [0.15, 0.2) is 11.3 Å². The van der Waals surface area contributed by atoms with Gasteiger partial charge in [0.1, 0.15) is 5.52 Å². The average molecular weight is 373 g/mol. The number of anilines is 1. The summed E-state index contributed by atoms with van der Waals surface area (Å²) in [5.74, 6) is -0.594. The lowest BCUT2D eigenvalue weighted by Gasteiger charge is -2.11. The molecule has 0 atom stereocenters. The molecule has 7 nitrogen and oxygen atoms in total. The van der Waals surface area contributed by atoms with Crippen LogP contribution in [0.1, 0.15) is 16.9 Å². The smallest absolute Gasteiger partial charge is 0.283 e. The van der Waals surface area contributed by atoms with Crippen molar-refractivity contribution >= 4 is 34.4 Å². The van der Waals surface area contributed by atoms with Crippen molar-refractivity contribution in [3.63, 3.8) is 0 Å². The number of ether oxygens (including phenoxy) is 1. The molecular weight excluding hydrogens is 356 g/mol. The third kappa shape index (κ3) is 3.89. The number of pyridine rings is 1. The minimum Gasteiger partial charge on any atom is -0.385 e. The molecule has 0 unspecified atom stereocenters. The van der Waals surface area contributed by atoms with Crippen molar-refractivity contribution in [1.82, 2.24) is 14.5 Å². The molecule has 0 bridgehead atoms. The fourth-order valence-electron chi connectivity index (χ4n) is 2.55. The highest BCUT2D eigenvalue weighted by atomic mass is 35.5. The molecule has 26 heavy (non-hydrogen) atoms. The molecule has 3 aromatic rings. The number of hydrogen-bond donors (Lipinski definition) is 1. The molecule has 8 heteroatoms. The van der Waals surface area contributed by atoms with E-state index in [0.29, 0.717) is 41.4 Å². The van der Waals surface area contributed by atoms with E-state index in [1.807, 2.05) is 0 Å². The van der Waals surface area contributed by atoms with Crippen molar-refractivity contribution in [1.29, 1.82) is 0 Å². The summed E-state index contributed by atoms with van der Waals surface area (Å²) in [6.07, 6.45) is 2.20. The lowest BCUT2D eigenvalue weighted by Crippen LogP contribution is -2.32. The standard InChI is InChI=1S/C18H17ClN4O3/c1-26-10-4-9-23-16-14(7-3-8-20-16)22-15(18(23)25)17(24)21-13-6-2-5-12(19)11-13/h2-3,5-8,11H,4,9-10H2,1H3,(H,21,24). The Kier molecular flexibility index (Phi) is 5.60. The zero-order valence-electron chi connectivity index (χ0n) is 14.1. The number of carbonyl (C=O) groups excluding carboxylic acids is 1. The van der Waals surface area contributed by atoms with Gasteiger partial charge in [0, 0.05) is 37.2 Å². The maximum atomic E-state index is 12.8. The lowest BCUT2D eigenvalue weighted by atomic mass is 10.3. The Hall–Kier alpha value is -2.77. The molecule has 0 radical (unpaired) electrons. The summed E-state index contributed by atoms with van der Waals surface area (Å²) in [5.41, 5.74) is 0.712. The number of amides is 1. The summed E-state index contributed by atoms with van der Waals surface area (Å²) in [6.45, 7) is 0.868. The first-order chi connectivity index (χ1) is 12.6. The van der Waals surface area contributed by atoms with Crippen LogP contribution in [0, 0.1) is 0 Å². The molecule has 0 spiro atoms. The molecule has 2 aromatic heterocycles. The maximum absolute atomic E-state index is 12.8. The summed E-state index contributed by atoms with van der Waals surface area (Å²) < 4.78 is 6.49. The summed E-state index contributed by atoms with van der Waals surface area (Å²) in [4.78, 5) is 33.8. The van der Waals surface area contributed by atoms with Crippen molar-refractivity contribution in [2.24, 2.45) is 0 Å². The Morgan fingerprint density at radius 3 is 2.92 bits per heavy atom. The van der Waals surface area contributed by atoms with Gasteiger partial charge in [-0.15, -0.1) is 0 Å². The van der Waals surface area contributed by atoms with Gasteiger partial charge in [0.25, 0.3) is 11.5 Å². The quantitative estimate of drug-likeness (QED) is 0.672. The fourth-order valence-corrected chi connectivity index (χ4v) is 2.75. The molecule has 0 saturated carbocycles. The number of rotatable bonds is 6. The molecule has 0 fully saturated rings. The largest absolute Gasteiger partial charge is 0.385 e. The van der Waals surface area contributed by atoms with Crippen LogP contribution in [0.3, 0.4) is 0 Å². The maximum Gasteiger partial charge on any atom is 0.283 e. The highest BCUT2D eigenvalue weighted by molar-refractivity contribution is 6.30. The number of halogens is 1. The van der Waals surface area contributed by atoms with E-state index in [-0.39, 0.29) is 5.69 Å². The van der Waals surface area contributed by atoms with Gasteiger partial charge in [-0.2, -0.15) is 0 Å². The third-order valence-corrected chi connectivity index (χ3v) is 3.96. The van der Waals surface area contributed by atoms with E-state index in [1.165, 1.54) is 4.57 Å². The number of methoxy groups -OCH3 is 1. The SMILES string of the molecule is COCCCn1c(=O)c(C(=O)Nc2cccc(Cl)c2)nc2cccnc21. The van der Waals surface area contributed by atoms with Gasteiger partial charge < -0.3 is 10.1 Å². The van der Waals surface area contributed by atoms with E-state index in [9.17, 15) is 9.59 Å². The van der Waals surface area contributed by atoms with Crippen LogP contribution in [-0.2, 0) is 11.3 Å². The molecule has 1 amide bonds. The number of nitrogens with one attached hydrogen (secondary N) is 1. The van der Waals surface area contributed by atoms with Crippen LogP contribution in [0.2, 0.25) is 5.02 Å². The number of aromatic nitrogens is 3. The van der Waals surface area contributed by atoms with Gasteiger partial charge >= 0.3 is 0 Å². The van der Waals surface area contributed by atoms with Crippen LogP contribution in [0.15, 0.2) is 47.4 Å². The second-order valence-corrected chi connectivity index (χ2v) is 6.01. The van der Waals surface area contributed by atoms with Crippen LogP contribution >= 0.6 is 11.6 Å². The molecule has 0 aliphatic rings.